The van der Waals surface area contributed by atoms with Crippen LogP contribution in [0.25, 0.3) is 0 Å². The molecule has 0 bridgehead atoms. The van der Waals surface area contributed by atoms with Gasteiger partial charge in [0.1, 0.15) is 5.69 Å². The van der Waals surface area contributed by atoms with Crippen molar-refractivity contribution in [1.29, 1.82) is 0 Å². The van der Waals surface area contributed by atoms with Gasteiger partial charge in [0.15, 0.2) is 0 Å². The zero-order chi connectivity index (χ0) is 16.0. The molecule has 0 spiro atoms. The number of nitrogens with one attached hydrogen (secondary N) is 2. The summed E-state index contributed by atoms with van der Waals surface area (Å²) in [5, 5.41) is 35.1. The maximum absolute atomic E-state index is 11.5. The molecule has 1 aromatic carbocycles. The molecule has 116 valence electrons. The molecular formula is C13H19N3O5. The number of hydrogen-bond donors (Lipinski definition) is 4. The summed E-state index contributed by atoms with van der Waals surface area (Å²) in [4.78, 5) is 22.0. The van der Waals surface area contributed by atoms with E-state index in [1.807, 2.05) is 0 Å². The van der Waals surface area contributed by atoms with E-state index in [1.165, 1.54) is 19.2 Å². The van der Waals surface area contributed by atoms with E-state index in [0.29, 0.717) is 6.42 Å². The lowest BCUT2D eigenvalue weighted by molar-refractivity contribution is -0.384. The minimum Gasteiger partial charge on any atom is -0.394 e. The van der Waals surface area contributed by atoms with Gasteiger partial charge in [-0.2, -0.15) is 0 Å². The first-order chi connectivity index (χ1) is 9.92. The first-order valence-corrected chi connectivity index (χ1v) is 6.43. The van der Waals surface area contributed by atoms with Crippen LogP contribution in [0.5, 0.6) is 0 Å². The van der Waals surface area contributed by atoms with E-state index in [4.69, 9.17) is 0 Å². The van der Waals surface area contributed by atoms with Gasteiger partial charge in [0.25, 0.3) is 11.6 Å². The third-order valence-corrected chi connectivity index (χ3v) is 3.37. The third kappa shape index (κ3) is 3.67. The highest BCUT2D eigenvalue weighted by Gasteiger charge is 2.29. The molecule has 1 aromatic rings. The van der Waals surface area contributed by atoms with Gasteiger partial charge in [0.05, 0.1) is 23.7 Å². The summed E-state index contributed by atoms with van der Waals surface area (Å²) in [6.45, 7) is 0.979. The highest BCUT2D eigenvalue weighted by Crippen LogP contribution is 2.29. The van der Waals surface area contributed by atoms with Crippen molar-refractivity contribution in [2.75, 3.05) is 25.6 Å². The summed E-state index contributed by atoms with van der Waals surface area (Å²) in [5.74, 6) is -0.435. The number of hydrogen-bond acceptors (Lipinski definition) is 6. The number of aliphatic hydroxyl groups excluding tert-OH is 2. The van der Waals surface area contributed by atoms with Crippen molar-refractivity contribution in [3.8, 4) is 0 Å². The van der Waals surface area contributed by atoms with Crippen molar-refractivity contribution >= 4 is 17.3 Å². The summed E-state index contributed by atoms with van der Waals surface area (Å²) < 4.78 is 0. The van der Waals surface area contributed by atoms with Crippen LogP contribution in [0.2, 0.25) is 0 Å². The fraction of sp³-hybridized carbons (Fsp3) is 0.462. The molecule has 1 amide bonds. The lowest BCUT2D eigenvalue weighted by atomic mass is 9.97. The van der Waals surface area contributed by atoms with E-state index < -0.39 is 16.4 Å². The topological polar surface area (TPSA) is 125 Å². The average molecular weight is 297 g/mol. The van der Waals surface area contributed by atoms with Crippen LogP contribution in [0.4, 0.5) is 11.4 Å². The van der Waals surface area contributed by atoms with Crippen molar-refractivity contribution in [3.05, 3.63) is 33.9 Å². The van der Waals surface area contributed by atoms with Gasteiger partial charge in [-0.25, -0.2) is 0 Å². The number of nitro groups is 1. The zero-order valence-corrected chi connectivity index (χ0v) is 11.9. The number of nitro benzene ring substituents is 1. The monoisotopic (exact) mass is 297 g/mol. The molecule has 4 N–H and O–H groups in total. The number of carbonyl (C=O) groups is 1. The summed E-state index contributed by atoms with van der Waals surface area (Å²) in [6.07, 6.45) is 0.369. The smallest absolute Gasteiger partial charge is 0.293 e. The van der Waals surface area contributed by atoms with E-state index in [1.54, 1.807) is 6.92 Å². The molecule has 8 nitrogen and oxygen atoms in total. The SMILES string of the molecule is CCC(CO)(CO)Nc1ccc(C(=O)NC)cc1[N+](=O)[O-]. The van der Waals surface area contributed by atoms with Crippen LogP contribution in [0.15, 0.2) is 18.2 Å². The minimum atomic E-state index is -1.06. The van der Waals surface area contributed by atoms with Gasteiger partial charge < -0.3 is 20.8 Å². The molecule has 0 saturated carbocycles. The van der Waals surface area contributed by atoms with Crippen LogP contribution in [0, 0.1) is 10.1 Å². The Bertz CT molecular complexity index is 520. The highest BCUT2D eigenvalue weighted by molar-refractivity contribution is 5.95. The van der Waals surface area contributed by atoms with Crippen LogP contribution in [-0.4, -0.2) is 46.8 Å². The molecule has 0 aromatic heterocycles. The van der Waals surface area contributed by atoms with Gasteiger partial charge in [-0.1, -0.05) is 6.92 Å². The highest BCUT2D eigenvalue weighted by atomic mass is 16.6. The second-order valence-corrected chi connectivity index (χ2v) is 4.64. The van der Waals surface area contributed by atoms with Crippen LogP contribution in [0.3, 0.4) is 0 Å². The lowest BCUT2D eigenvalue weighted by Crippen LogP contribution is -2.45. The van der Waals surface area contributed by atoms with Crippen LogP contribution in [0.1, 0.15) is 23.7 Å². The number of nitrogens with zero attached hydrogens (tertiary/aromatic N) is 1. The molecule has 1 rings (SSSR count). The van der Waals surface area contributed by atoms with Crippen molar-refractivity contribution in [1.82, 2.24) is 5.32 Å². The van der Waals surface area contributed by atoms with Gasteiger partial charge >= 0.3 is 0 Å². The molecule has 0 aliphatic rings. The van der Waals surface area contributed by atoms with E-state index in [-0.39, 0.29) is 30.2 Å². The summed E-state index contributed by atoms with van der Waals surface area (Å²) in [5.41, 5.74) is -1.06. The van der Waals surface area contributed by atoms with Crippen LogP contribution >= 0.6 is 0 Å². The van der Waals surface area contributed by atoms with Crippen molar-refractivity contribution in [2.45, 2.75) is 18.9 Å². The predicted octanol–water partition coefficient (Wildman–Crippen LogP) is 0.500. The van der Waals surface area contributed by atoms with E-state index in [2.05, 4.69) is 10.6 Å². The standard InChI is InChI=1S/C13H19N3O5/c1-3-13(7-17,8-18)15-10-5-4-9(12(19)14-2)6-11(10)16(20)21/h4-6,15,17-18H,3,7-8H2,1-2H3,(H,14,19). The number of aliphatic hydroxyl groups is 2. The molecule has 0 saturated heterocycles. The fourth-order valence-corrected chi connectivity index (χ4v) is 1.80. The Labute approximate surface area is 121 Å². The average Bonchev–Trinajstić information content (AvgIpc) is 2.52. The Hall–Kier alpha value is -2.19. The largest absolute Gasteiger partial charge is 0.394 e. The molecule has 21 heavy (non-hydrogen) atoms. The number of amides is 1. The molecule has 0 aliphatic heterocycles. The van der Waals surface area contributed by atoms with Crippen molar-refractivity contribution < 1.29 is 19.9 Å². The fourth-order valence-electron chi connectivity index (χ4n) is 1.80. The number of benzene rings is 1. The number of anilines is 1. The molecule has 0 radical (unpaired) electrons. The van der Waals surface area contributed by atoms with Gasteiger partial charge in [0, 0.05) is 18.7 Å². The molecule has 0 aliphatic carbocycles. The Kier molecular flexibility index (Phi) is 5.62. The zero-order valence-electron chi connectivity index (χ0n) is 11.9. The number of carbonyl (C=O) groups excluding carboxylic acids is 1. The summed E-state index contributed by atoms with van der Waals surface area (Å²) in [7, 11) is 1.43. The number of rotatable bonds is 7. The molecule has 0 fully saturated rings. The first kappa shape index (κ1) is 16.9. The molecule has 0 unspecified atom stereocenters. The Balaban J connectivity index is 3.24. The van der Waals surface area contributed by atoms with Gasteiger partial charge in [-0.3, -0.25) is 14.9 Å². The Morgan fingerprint density at radius 1 is 1.38 bits per heavy atom. The van der Waals surface area contributed by atoms with Gasteiger partial charge in [-0.15, -0.1) is 0 Å². The molecule has 0 heterocycles. The summed E-state index contributed by atoms with van der Waals surface area (Å²) >= 11 is 0. The quantitative estimate of drug-likeness (QED) is 0.429. The van der Waals surface area contributed by atoms with Crippen LogP contribution < -0.4 is 10.6 Å². The van der Waals surface area contributed by atoms with Crippen molar-refractivity contribution in [3.63, 3.8) is 0 Å². The first-order valence-electron chi connectivity index (χ1n) is 6.43. The summed E-state index contributed by atoms with van der Waals surface area (Å²) in [6, 6.07) is 3.97. The minimum absolute atomic E-state index is 0.137. The van der Waals surface area contributed by atoms with Gasteiger partial charge in [0.2, 0.25) is 0 Å². The predicted molar refractivity (Wildman–Crippen MR) is 77.3 cm³/mol. The second-order valence-electron chi connectivity index (χ2n) is 4.64. The normalized spacial score (nSPS) is 11.0. The Morgan fingerprint density at radius 3 is 2.43 bits per heavy atom. The second kappa shape index (κ2) is 7.00. The van der Waals surface area contributed by atoms with E-state index in [0.717, 1.165) is 6.07 Å². The molecule has 0 atom stereocenters. The van der Waals surface area contributed by atoms with Crippen LogP contribution in [-0.2, 0) is 0 Å². The molecule has 8 heteroatoms. The maximum atomic E-state index is 11.5. The van der Waals surface area contributed by atoms with E-state index in [9.17, 15) is 25.1 Å². The third-order valence-electron chi connectivity index (χ3n) is 3.37. The van der Waals surface area contributed by atoms with E-state index >= 15 is 0 Å². The maximum Gasteiger partial charge on any atom is 0.293 e. The van der Waals surface area contributed by atoms with Crippen molar-refractivity contribution in [2.24, 2.45) is 0 Å². The Morgan fingerprint density at radius 2 is 2.00 bits per heavy atom. The lowest BCUT2D eigenvalue weighted by Gasteiger charge is -2.30. The van der Waals surface area contributed by atoms with Gasteiger partial charge in [-0.05, 0) is 18.6 Å². The molecular weight excluding hydrogens is 278 g/mol.